The second kappa shape index (κ2) is 5.79. The van der Waals surface area contributed by atoms with Gasteiger partial charge in [-0.1, -0.05) is 12.1 Å². The SMILES string of the molecule is O=C(Nc1ccccc1C(F)(F)F)N1CCN(C2CC2)CC1. The molecule has 1 aliphatic carbocycles. The minimum absolute atomic E-state index is 0.190. The molecule has 0 bridgehead atoms. The largest absolute Gasteiger partial charge is 0.418 e. The van der Waals surface area contributed by atoms with Gasteiger partial charge in [0, 0.05) is 32.2 Å². The van der Waals surface area contributed by atoms with Crippen LogP contribution in [0, 0.1) is 0 Å². The Balaban J connectivity index is 1.62. The van der Waals surface area contributed by atoms with Gasteiger partial charge >= 0.3 is 12.2 Å². The number of anilines is 1. The van der Waals surface area contributed by atoms with Crippen molar-refractivity contribution in [3.8, 4) is 0 Å². The first-order chi connectivity index (χ1) is 10.4. The third-order valence-electron chi connectivity index (χ3n) is 4.14. The summed E-state index contributed by atoms with van der Waals surface area (Å²) >= 11 is 0. The summed E-state index contributed by atoms with van der Waals surface area (Å²) in [7, 11) is 0. The van der Waals surface area contributed by atoms with E-state index in [0.29, 0.717) is 19.1 Å². The van der Waals surface area contributed by atoms with E-state index in [1.54, 1.807) is 4.90 Å². The van der Waals surface area contributed by atoms with Gasteiger partial charge in [0.2, 0.25) is 0 Å². The number of carbonyl (C=O) groups is 1. The molecule has 0 unspecified atom stereocenters. The maximum atomic E-state index is 12.9. The molecule has 1 saturated carbocycles. The Morgan fingerprint density at radius 1 is 1.09 bits per heavy atom. The zero-order valence-electron chi connectivity index (χ0n) is 12.1. The van der Waals surface area contributed by atoms with E-state index in [1.165, 1.54) is 31.0 Å². The molecule has 1 aromatic rings. The van der Waals surface area contributed by atoms with Crippen LogP contribution in [0.15, 0.2) is 24.3 Å². The number of nitrogens with one attached hydrogen (secondary N) is 1. The third-order valence-corrected chi connectivity index (χ3v) is 4.14. The van der Waals surface area contributed by atoms with E-state index in [2.05, 4.69) is 10.2 Å². The van der Waals surface area contributed by atoms with Crippen molar-refractivity contribution in [3.63, 3.8) is 0 Å². The third kappa shape index (κ3) is 3.35. The molecule has 0 atom stereocenters. The summed E-state index contributed by atoms with van der Waals surface area (Å²) in [5.41, 5.74) is -1.01. The predicted octanol–water partition coefficient (Wildman–Crippen LogP) is 3.02. The highest BCUT2D eigenvalue weighted by atomic mass is 19.4. The summed E-state index contributed by atoms with van der Waals surface area (Å²) in [5.74, 6) is 0. The maximum Gasteiger partial charge on any atom is 0.418 e. The quantitative estimate of drug-likeness (QED) is 0.911. The zero-order valence-corrected chi connectivity index (χ0v) is 12.1. The fourth-order valence-corrected chi connectivity index (χ4v) is 2.76. The van der Waals surface area contributed by atoms with Gasteiger partial charge in [0.25, 0.3) is 0 Å². The zero-order chi connectivity index (χ0) is 15.7. The van der Waals surface area contributed by atoms with Gasteiger partial charge < -0.3 is 10.2 Å². The van der Waals surface area contributed by atoms with Gasteiger partial charge in [-0.25, -0.2) is 4.79 Å². The van der Waals surface area contributed by atoms with E-state index in [1.807, 2.05) is 0 Å². The number of benzene rings is 1. The topological polar surface area (TPSA) is 35.6 Å². The van der Waals surface area contributed by atoms with Crippen molar-refractivity contribution in [2.24, 2.45) is 0 Å². The number of amides is 2. The van der Waals surface area contributed by atoms with Crippen molar-refractivity contribution in [2.75, 3.05) is 31.5 Å². The van der Waals surface area contributed by atoms with Crippen LogP contribution in [-0.2, 0) is 6.18 Å². The lowest BCUT2D eigenvalue weighted by Gasteiger charge is -2.34. The van der Waals surface area contributed by atoms with Gasteiger partial charge in [0.15, 0.2) is 0 Å². The molecule has 1 saturated heterocycles. The molecule has 2 fully saturated rings. The number of alkyl halides is 3. The summed E-state index contributed by atoms with van der Waals surface area (Å²) in [6.45, 7) is 2.69. The van der Waals surface area contributed by atoms with E-state index in [9.17, 15) is 18.0 Å². The lowest BCUT2D eigenvalue weighted by molar-refractivity contribution is -0.136. The number of hydrogen-bond acceptors (Lipinski definition) is 2. The molecule has 0 spiro atoms. The van der Waals surface area contributed by atoms with Crippen LogP contribution < -0.4 is 5.32 Å². The van der Waals surface area contributed by atoms with Gasteiger partial charge in [0.05, 0.1) is 11.3 Å². The Labute approximate surface area is 126 Å². The molecular weight excluding hydrogens is 295 g/mol. The molecular formula is C15H18F3N3O. The molecule has 1 heterocycles. The van der Waals surface area contributed by atoms with Crippen molar-refractivity contribution in [1.29, 1.82) is 0 Å². The summed E-state index contributed by atoms with van der Waals surface area (Å²) < 4.78 is 38.7. The fourth-order valence-electron chi connectivity index (χ4n) is 2.76. The van der Waals surface area contributed by atoms with Crippen LogP contribution in [0.1, 0.15) is 18.4 Å². The molecule has 1 N–H and O–H groups in total. The molecule has 3 rings (SSSR count). The summed E-state index contributed by atoms with van der Waals surface area (Å²) in [4.78, 5) is 16.1. The van der Waals surface area contributed by atoms with Gasteiger partial charge in [-0.05, 0) is 25.0 Å². The number of rotatable bonds is 2. The number of halogens is 3. The van der Waals surface area contributed by atoms with Crippen LogP contribution in [0.25, 0.3) is 0 Å². The Hall–Kier alpha value is -1.76. The van der Waals surface area contributed by atoms with Crippen LogP contribution in [0.5, 0.6) is 0 Å². The maximum absolute atomic E-state index is 12.9. The predicted molar refractivity (Wildman–Crippen MR) is 76.6 cm³/mol. The Bertz CT molecular complexity index is 549. The van der Waals surface area contributed by atoms with Gasteiger partial charge in [-0.15, -0.1) is 0 Å². The normalized spacial score (nSPS) is 20.0. The van der Waals surface area contributed by atoms with E-state index in [4.69, 9.17) is 0 Å². The number of para-hydroxylation sites is 1. The van der Waals surface area contributed by atoms with Gasteiger partial charge in [-0.3, -0.25) is 4.90 Å². The molecule has 2 amide bonds. The average molecular weight is 313 g/mol. The van der Waals surface area contributed by atoms with Gasteiger partial charge in [0.1, 0.15) is 0 Å². The lowest BCUT2D eigenvalue weighted by Crippen LogP contribution is -2.50. The van der Waals surface area contributed by atoms with Crippen molar-refractivity contribution in [2.45, 2.75) is 25.1 Å². The molecule has 22 heavy (non-hydrogen) atoms. The standard InChI is InChI=1S/C15H18F3N3O/c16-15(17,18)12-3-1-2-4-13(12)19-14(22)21-9-7-20(8-10-21)11-5-6-11/h1-4,11H,5-10H2,(H,19,22). The Morgan fingerprint density at radius 2 is 1.73 bits per heavy atom. The number of urea groups is 1. The molecule has 0 radical (unpaired) electrons. The first-order valence-corrected chi connectivity index (χ1v) is 7.41. The number of hydrogen-bond donors (Lipinski definition) is 1. The first kappa shape index (κ1) is 15.1. The van der Waals surface area contributed by atoms with Crippen LogP contribution in [0.3, 0.4) is 0 Å². The molecule has 0 aromatic heterocycles. The Kier molecular flexibility index (Phi) is 3.99. The van der Waals surface area contributed by atoms with E-state index in [0.717, 1.165) is 19.2 Å². The number of carbonyl (C=O) groups excluding carboxylic acids is 1. The smallest absolute Gasteiger partial charge is 0.322 e. The van der Waals surface area contributed by atoms with Crippen LogP contribution in [0.2, 0.25) is 0 Å². The van der Waals surface area contributed by atoms with E-state index in [-0.39, 0.29) is 5.69 Å². The first-order valence-electron chi connectivity index (χ1n) is 7.41. The highest BCUT2D eigenvalue weighted by Gasteiger charge is 2.35. The van der Waals surface area contributed by atoms with Crippen LogP contribution >= 0.6 is 0 Å². The second-order valence-corrected chi connectivity index (χ2v) is 5.73. The summed E-state index contributed by atoms with van der Waals surface area (Å²) in [6.07, 6.45) is -2.05. The van der Waals surface area contributed by atoms with Crippen molar-refractivity contribution >= 4 is 11.7 Å². The van der Waals surface area contributed by atoms with Crippen LogP contribution in [0.4, 0.5) is 23.7 Å². The highest BCUT2D eigenvalue weighted by Crippen LogP contribution is 2.34. The van der Waals surface area contributed by atoms with E-state index >= 15 is 0 Å². The van der Waals surface area contributed by atoms with Gasteiger partial charge in [-0.2, -0.15) is 13.2 Å². The second-order valence-electron chi connectivity index (χ2n) is 5.73. The van der Waals surface area contributed by atoms with Crippen molar-refractivity contribution < 1.29 is 18.0 Å². The van der Waals surface area contributed by atoms with Crippen molar-refractivity contribution in [1.82, 2.24) is 9.80 Å². The monoisotopic (exact) mass is 313 g/mol. The lowest BCUT2D eigenvalue weighted by atomic mass is 10.1. The minimum Gasteiger partial charge on any atom is -0.322 e. The van der Waals surface area contributed by atoms with Crippen molar-refractivity contribution in [3.05, 3.63) is 29.8 Å². The average Bonchev–Trinajstić information content (AvgIpc) is 3.31. The molecule has 2 aliphatic rings. The molecule has 7 heteroatoms. The molecule has 4 nitrogen and oxygen atoms in total. The number of piperazine rings is 1. The minimum atomic E-state index is -4.48. The Morgan fingerprint density at radius 3 is 2.32 bits per heavy atom. The molecule has 120 valence electrons. The summed E-state index contributed by atoms with van der Waals surface area (Å²) in [6, 6.07) is 5.23. The summed E-state index contributed by atoms with van der Waals surface area (Å²) in [5, 5.41) is 2.39. The highest BCUT2D eigenvalue weighted by molar-refractivity contribution is 5.90. The number of nitrogens with zero attached hydrogens (tertiary/aromatic N) is 2. The van der Waals surface area contributed by atoms with E-state index < -0.39 is 17.8 Å². The van der Waals surface area contributed by atoms with Crippen LogP contribution in [-0.4, -0.2) is 48.1 Å². The molecule has 1 aromatic carbocycles. The molecule has 1 aliphatic heterocycles. The fraction of sp³-hybridized carbons (Fsp3) is 0.533.